The average molecular weight is 574 g/mol. The topological polar surface area (TPSA) is 38.3 Å². The first kappa shape index (κ1) is 27.3. The van der Waals surface area contributed by atoms with Crippen molar-refractivity contribution in [3.8, 4) is 0 Å². The number of rotatable bonds is 7. The summed E-state index contributed by atoms with van der Waals surface area (Å²) in [6.07, 6.45) is 0.370. The molecule has 0 unspecified atom stereocenters. The number of nitrogens with zero attached hydrogens (tertiary/aromatic N) is 1. The van der Waals surface area contributed by atoms with E-state index in [0.29, 0.717) is 18.2 Å². The minimum absolute atomic E-state index is 0. The van der Waals surface area contributed by atoms with E-state index >= 15 is 0 Å². The summed E-state index contributed by atoms with van der Waals surface area (Å²) in [4.78, 5) is 12.1. The number of hydrogen-bond donors (Lipinski definition) is 1. The number of amides is 1. The molecule has 0 spiro atoms. The summed E-state index contributed by atoms with van der Waals surface area (Å²) >= 11 is 0. The number of ether oxygens (including phenoxy) is 1. The highest BCUT2D eigenvalue weighted by molar-refractivity contribution is 5.91. The number of carbonyl (C=O) groups excluding carboxylic acids is 1. The van der Waals surface area contributed by atoms with Crippen molar-refractivity contribution in [3.05, 3.63) is 76.9 Å². The molecule has 0 saturated carbocycles. The van der Waals surface area contributed by atoms with Crippen LogP contribution in [0.4, 0.5) is 13.2 Å². The first-order chi connectivity index (χ1) is 15.1. The van der Waals surface area contributed by atoms with Crippen LogP contribution in [0.2, 0.25) is 0 Å². The molecule has 2 aromatic carbocycles. The van der Waals surface area contributed by atoms with Crippen molar-refractivity contribution in [3.63, 3.8) is 0 Å². The van der Waals surface area contributed by atoms with Crippen molar-refractivity contribution in [2.45, 2.75) is 38.1 Å². The number of halogens is 4. The van der Waals surface area contributed by atoms with Crippen molar-refractivity contribution in [1.29, 1.82) is 0 Å². The molecule has 1 saturated heterocycles. The van der Waals surface area contributed by atoms with Gasteiger partial charge in [-0.05, 0) is 29.3 Å². The van der Waals surface area contributed by atoms with Gasteiger partial charge in [0.2, 0.25) is 5.91 Å². The first-order valence-corrected chi connectivity index (χ1v) is 10.7. The highest BCUT2D eigenvalue weighted by Crippen LogP contribution is 2.29. The quantitative estimate of drug-likeness (QED) is 0.312. The third kappa shape index (κ3) is 8.42. The smallest absolute Gasteiger partial charge is 0.416 e. The van der Waals surface area contributed by atoms with Crippen LogP contribution in [0, 0.1) is 0 Å². The molecule has 1 amide bonds. The Morgan fingerprint density at radius 2 is 1.73 bits per heavy atom. The third-order valence-corrected chi connectivity index (χ3v) is 5.90. The number of benzene rings is 2. The lowest BCUT2D eigenvalue weighted by Gasteiger charge is -2.40. The van der Waals surface area contributed by atoms with Gasteiger partial charge >= 0.3 is 6.18 Å². The van der Waals surface area contributed by atoms with Crippen LogP contribution in [0.5, 0.6) is 0 Å². The van der Waals surface area contributed by atoms with Crippen LogP contribution in [0.1, 0.15) is 35.1 Å². The molecule has 1 N–H and O–H groups in total. The molecule has 180 valence electrons. The summed E-state index contributed by atoms with van der Waals surface area (Å²) in [6, 6.07) is 13.6. The Morgan fingerprint density at radius 3 is 2.36 bits per heavy atom. The van der Waals surface area contributed by atoms with Gasteiger partial charge in [0.15, 0.2) is 0 Å². The molecule has 0 bridgehead atoms. The number of carbonyl (C=O) groups is 1. The zero-order chi connectivity index (χ0) is 23.2. The van der Waals surface area contributed by atoms with Crippen molar-refractivity contribution in [2.75, 3.05) is 27.3 Å². The average Bonchev–Trinajstić information content (AvgIpc) is 2.77. The van der Waals surface area contributed by atoms with Crippen molar-refractivity contribution >= 4 is 12.0 Å². The number of alkyl halides is 3. The Morgan fingerprint density at radius 1 is 1.09 bits per heavy atom. The fourth-order valence-corrected chi connectivity index (χ4v) is 3.98. The van der Waals surface area contributed by atoms with Crippen LogP contribution < -0.4 is 29.3 Å². The molecule has 4 nitrogen and oxygen atoms in total. The van der Waals surface area contributed by atoms with Gasteiger partial charge in [-0.15, -0.1) is 0 Å². The summed E-state index contributed by atoms with van der Waals surface area (Å²) in [6.45, 7) is 2.93. The van der Waals surface area contributed by atoms with Gasteiger partial charge in [-0.1, -0.05) is 36.4 Å². The molecule has 33 heavy (non-hydrogen) atoms. The predicted molar refractivity (Wildman–Crippen MR) is 118 cm³/mol. The minimum atomic E-state index is -4.41. The fourth-order valence-electron chi connectivity index (χ4n) is 3.98. The summed E-state index contributed by atoms with van der Waals surface area (Å²) < 4.78 is 44.7. The molecular weight excluding hydrogens is 544 g/mol. The Balaban J connectivity index is 0.00000385. The van der Waals surface area contributed by atoms with Gasteiger partial charge in [0.25, 0.3) is 0 Å². The molecule has 0 atom stereocenters. The van der Waals surface area contributed by atoms with Gasteiger partial charge in [-0.2, -0.15) is 13.2 Å². The standard InChI is InChI=1S/C25H29F3N2O2.HI/c1-30(2,23-12-14-32-15-13-23)18-21-8-6-20(7-9-21)17-29-24(31)11-10-19-4-3-5-22(16-19)25(26,27)28;/h3-11,16,23H,12-15,17-18H2,1-2H3;1H. The largest absolute Gasteiger partial charge is 1.00 e. The van der Waals surface area contributed by atoms with E-state index in [-0.39, 0.29) is 29.9 Å². The van der Waals surface area contributed by atoms with Crippen molar-refractivity contribution < 1.29 is 51.2 Å². The Kier molecular flexibility index (Phi) is 9.93. The zero-order valence-electron chi connectivity index (χ0n) is 18.9. The molecule has 1 aliphatic rings. The van der Waals surface area contributed by atoms with Crippen LogP contribution in [-0.4, -0.2) is 43.7 Å². The SMILES string of the molecule is C[N+](C)(Cc1ccc(CNC(=O)C=Cc2cccc(C(F)(F)F)c2)cc1)C1CCOCC1.[I-]. The molecule has 2 aromatic rings. The maximum atomic E-state index is 12.8. The lowest BCUT2D eigenvalue weighted by Crippen LogP contribution is -3.00. The molecule has 0 radical (unpaired) electrons. The van der Waals surface area contributed by atoms with Gasteiger partial charge in [0.1, 0.15) is 6.54 Å². The number of quaternary nitrogens is 1. The van der Waals surface area contributed by atoms with E-state index in [4.69, 9.17) is 4.74 Å². The maximum Gasteiger partial charge on any atom is 0.416 e. The predicted octanol–water partition coefficient (Wildman–Crippen LogP) is 1.79. The van der Waals surface area contributed by atoms with E-state index in [1.807, 2.05) is 12.1 Å². The Hall–Kier alpha value is -1.91. The summed E-state index contributed by atoms with van der Waals surface area (Å²) in [5.74, 6) is -0.358. The van der Waals surface area contributed by atoms with E-state index in [2.05, 4.69) is 31.5 Å². The first-order valence-electron chi connectivity index (χ1n) is 10.7. The van der Waals surface area contributed by atoms with Crippen LogP contribution >= 0.6 is 0 Å². The van der Waals surface area contributed by atoms with Gasteiger partial charge in [0, 0.05) is 31.0 Å². The summed E-state index contributed by atoms with van der Waals surface area (Å²) in [5.41, 5.74) is 1.79. The molecule has 8 heteroatoms. The van der Waals surface area contributed by atoms with Gasteiger partial charge in [-0.3, -0.25) is 4.79 Å². The molecule has 1 fully saturated rings. The summed E-state index contributed by atoms with van der Waals surface area (Å²) in [5, 5.41) is 2.77. The zero-order valence-corrected chi connectivity index (χ0v) is 21.0. The van der Waals surface area contributed by atoms with Crippen LogP contribution in [-0.2, 0) is 28.8 Å². The summed E-state index contributed by atoms with van der Waals surface area (Å²) in [7, 11) is 4.50. The monoisotopic (exact) mass is 574 g/mol. The second-order valence-corrected chi connectivity index (χ2v) is 8.77. The lowest BCUT2D eigenvalue weighted by atomic mass is 10.0. The highest BCUT2D eigenvalue weighted by Gasteiger charge is 2.31. The van der Waals surface area contributed by atoms with Crippen LogP contribution in [0.3, 0.4) is 0 Å². The minimum Gasteiger partial charge on any atom is -1.00 e. The Labute approximate surface area is 210 Å². The van der Waals surface area contributed by atoms with E-state index in [0.717, 1.165) is 54.8 Å². The molecule has 1 aliphatic heterocycles. The normalized spacial score (nSPS) is 15.3. The van der Waals surface area contributed by atoms with E-state index in [1.165, 1.54) is 29.8 Å². The van der Waals surface area contributed by atoms with Crippen molar-refractivity contribution in [2.24, 2.45) is 0 Å². The molecule has 1 heterocycles. The molecular formula is C25H30F3IN2O2. The highest BCUT2D eigenvalue weighted by atomic mass is 127. The second kappa shape index (κ2) is 12.0. The van der Waals surface area contributed by atoms with Gasteiger partial charge in [-0.25, -0.2) is 0 Å². The van der Waals surface area contributed by atoms with E-state index in [9.17, 15) is 18.0 Å². The van der Waals surface area contributed by atoms with Crippen LogP contribution in [0.25, 0.3) is 6.08 Å². The lowest BCUT2D eigenvalue weighted by molar-refractivity contribution is -0.929. The number of hydrogen-bond acceptors (Lipinski definition) is 2. The number of nitrogens with one attached hydrogen (secondary N) is 1. The maximum absolute atomic E-state index is 12.8. The second-order valence-electron chi connectivity index (χ2n) is 8.77. The molecule has 3 rings (SSSR count). The van der Waals surface area contributed by atoms with Gasteiger partial charge in [0.05, 0.1) is 38.9 Å². The molecule has 0 aromatic heterocycles. The van der Waals surface area contributed by atoms with E-state index in [1.54, 1.807) is 0 Å². The molecule has 0 aliphatic carbocycles. The fraction of sp³-hybridized carbons (Fsp3) is 0.400. The van der Waals surface area contributed by atoms with Gasteiger partial charge < -0.3 is 38.5 Å². The van der Waals surface area contributed by atoms with Crippen molar-refractivity contribution in [1.82, 2.24) is 5.32 Å². The van der Waals surface area contributed by atoms with E-state index < -0.39 is 11.7 Å². The van der Waals surface area contributed by atoms with Crippen LogP contribution in [0.15, 0.2) is 54.6 Å². The Bertz CT molecular complexity index is 937. The third-order valence-electron chi connectivity index (χ3n) is 5.90.